The van der Waals surface area contributed by atoms with Gasteiger partial charge in [-0.3, -0.25) is 14.2 Å². The summed E-state index contributed by atoms with van der Waals surface area (Å²) in [6.07, 6.45) is 4.57. The monoisotopic (exact) mass is 302 g/mol. The molecule has 106 valence electrons. The highest BCUT2D eigenvalue weighted by molar-refractivity contribution is 6.29. The van der Waals surface area contributed by atoms with Crippen LogP contribution in [0, 0.1) is 0 Å². The van der Waals surface area contributed by atoms with Crippen LogP contribution < -0.4 is 5.32 Å². The molecule has 3 aromatic heterocycles. The number of pyridine rings is 1. The normalized spacial score (nSPS) is 12.3. The van der Waals surface area contributed by atoms with Crippen molar-refractivity contribution in [3.05, 3.63) is 53.5 Å². The Kier molecular flexibility index (Phi) is 3.49. The third-order valence-corrected chi connectivity index (χ3v) is 3.09. The number of halogens is 1. The molecule has 1 unspecified atom stereocenters. The summed E-state index contributed by atoms with van der Waals surface area (Å²) in [5.41, 5.74) is 0.874. The van der Waals surface area contributed by atoms with Gasteiger partial charge < -0.3 is 5.32 Å². The fraction of sp³-hybridized carbons (Fsp3) is 0.154. The maximum atomic E-state index is 12.1. The first kappa shape index (κ1) is 13.4. The Labute approximate surface area is 125 Å². The van der Waals surface area contributed by atoms with Gasteiger partial charge in [0.05, 0.1) is 18.4 Å². The topological polar surface area (TPSA) is 85.1 Å². The fourth-order valence-electron chi connectivity index (χ4n) is 1.94. The van der Waals surface area contributed by atoms with E-state index in [0.717, 1.165) is 5.65 Å². The lowest BCUT2D eigenvalue weighted by Gasteiger charge is -2.11. The van der Waals surface area contributed by atoms with E-state index < -0.39 is 0 Å². The first-order chi connectivity index (χ1) is 10.1. The second kappa shape index (κ2) is 5.45. The Morgan fingerprint density at radius 3 is 3.00 bits per heavy atom. The van der Waals surface area contributed by atoms with Crippen molar-refractivity contribution in [3.63, 3.8) is 0 Å². The Morgan fingerprint density at radius 1 is 1.33 bits per heavy atom. The molecule has 1 amide bonds. The van der Waals surface area contributed by atoms with E-state index in [9.17, 15) is 4.79 Å². The van der Waals surface area contributed by atoms with Gasteiger partial charge in [0.25, 0.3) is 5.91 Å². The van der Waals surface area contributed by atoms with Gasteiger partial charge in [-0.2, -0.15) is 0 Å². The van der Waals surface area contributed by atoms with Crippen LogP contribution in [-0.2, 0) is 0 Å². The zero-order valence-corrected chi connectivity index (χ0v) is 11.8. The predicted octanol–water partition coefficient (Wildman–Crippen LogP) is 1.66. The van der Waals surface area contributed by atoms with Crippen LogP contribution in [0.3, 0.4) is 0 Å². The summed E-state index contributed by atoms with van der Waals surface area (Å²) < 4.78 is 1.81. The third kappa shape index (κ3) is 2.68. The van der Waals surface area contributed by atoms with E-state index in [0.29, 0.717) is 5.82 Å². The molecule has 3 aromatic rings. The largest absolute Gasteiger partial charge is 0.341 e. The third-order valence-electron chi connectivity index (χ3n) is 2.91. The number of rotatable bonds is 3. The summed E-state index contributed by atoms with van der Waals surface area (Å²) in [5, 5.41) is 11.1. The average Bonchev–Trinajstić information content (AvgIpc) is 2.91. The van der Waals surface area contributed by atoms with E-state index in [1.807, 2.05) is 35.7 Å². The lowest BCUT2D eigenvalue weighted by molar-refractivity contribution is 0.0932. The van der Waals surface area contributed by atoms with E-state index in [4.69, 9.17) is 11.6 Å². The average molecular weight is 303 g/mol. The molecule has 0 aliphatic rings. The fourth-order valence-corrected chi connectivity index (χ4v) is 2.09. The van der Waals surface area contributed by atoms with E-state index >= 15 is 0 Å². The van der Waals surface area contributed by atoms with Crippen molar-refractivity contribution < 1.29 is 4.79 Å². The van der Waals surface area contributed by atoms with Gasteiger partial charge in [-0.25, -0.2) is 4.98 Å². The molecule has 0 saturated carbocycles. The van der Waals surface area contributed by atoms with Gasteiger partial charge in [0.1, 0.15) is 10.8 Å². The molecule has 21 heavy (non-hydrogen) atoms. The van der Waals surface area contributed by atoms with Gasteiger partial charge in [-0.15, -0.1) is 10.2 Å². The molecule has 0 bridgehead atoms. The van der Waals surface area contributed by atoms with Crippen LogP contribution in [0.4, 0.5) is 0 Å². The summed E-state index contributed by atoms with van der Waals surface area (Å²) in [4.78, 5) is 19.9. The van der Waals surface area contributed by atoms with E-state index in [-0.39, 0.29) is 22.8 Å². The van der Waals surface area contributed by atoms with Crippen molar-refractivity contribution in [1.82, 2.24) is 29.9 Å². The number of nitrogens with one attached hydrogen (secondary N) is 1. The summed E-state index contributed by atoms with van der Waals surface area (Å²) in [7, 11) is 0. The van der Waals surface area contributed by atoms with Crippen molar-refractivity contribution in [2.75, 3.05) is 0 Å². The highest BCUT2D eigenvalue weighted by Gasteiger charge is 2.17. The second-order valence-electron chi connectivity index (χ2n) is 4.41. The van der Waals surface area contributed by atoms with Crippen LogP contribution in [-0.4, -0.2) is 30.5 Å². The van der Waals surface area contributed by atoms with Crippen LogP contribution in [0.15, 0.2) is 36.8 Å². The molecule has 1 atom stereocenters. The first-order valence-corrected chi connectivity index (χ1v) is 6.61. The summed E-state index contributed by atoms with van der Waals surface area (Å²) in [6.45, 7) is 1.82. The molecular formula is C13H11ClN6O. The first-order valence-electron chi connectivity index (χ1n) is 6.23. The minimum absolute atomic E-state index is 0.156. The molecule has 0 aromatic carbocycles. The maximum Gasteiger partial charge on any atom is 0.272 e. The van der Waals surface area contributed by atoms with Gasteiger partial charge in [0, 0.05) is 6.20 Å². The van der Waals surface area contributed by atoms with Crippen molar-refractivity contribution in [3.8, 4) is 0 Å². The van der Waals surface area contributed by atoms with Gasteiger partial charge in [0.15, 0.2) is 11.5 Å². The molecule has 0 aliphatic carbocycles. The van der Waals surface area contributed by atoms with Crippen LogP contribution in [0.2, 0.25) is 5.15 Å². The molecule has 8 heteroatoms. The number of fused-ring (bicyclic) bond motifs is 1. The Morgan fingerprint density at radius 2 is 2.19 bits per heavy atom. The number of carbonyl (C=O) groups is 1. The number of hydrogen-bond donors (Lipinski definition) is 1. The van der Waals surface area contributed by atoms with Gasteiger partial charge in [-0.1, -0.05) is 17.7 Å². The van der Waals surface area contributed by atoms with Gasteiger partial charge >= 0.3 is 0 Å². The summed E-state index contributed by atoms with van der Waals surface area (Å²) >= 11 is 5.72. The quantitative estimate of drug-likeness (QED) is 0.795. The maximum absolute atomic E-state index is 12.1. The SMILES string of the molecule is CC(NC(=O)c1cncc(Cl)n1)c1nnc2ccccn12. The molecule has 0 radical (unpaired) electrons. The molecular weight excluding hydrogens is 292 g/mol. The number of nitrogens with zero attached hydrogens (tertiary/aromatic N) is 5. The molecule has 0 saturated heterocycles. The van der Waals surface area contributed by atoms with Crippen LogP contribution >= 0.6 is 11.6 Å². The number of aromatic nitrogens is 5. The Bertz CT molecular complexity index is 802. The minimum atomic E-state index is -0.370. The van der Waals surface area contributed by atoms with Crippen molar-refractivity contribution >= 4 is 23.2 Å². The zero-order valence-electron chi connectivity index (χ0n) is 11.1. The van der Waals surface area contributed by atoms with E-state index in [1.54, 1.807) is 0 Å². The smallest absolute Gasteiger partial charge is 0.272 e. The van der Waals surface area contributed by atoms with Gasteiger partial charge in [0.2, 0.25) is 0 Å². The van der Waals surface area contributed by atoms with Crippen molar-refractivity contribution in [2.24, 2.45) is 0 Å². The number of carbonyl (C=O) groups excluding carboxylic acids is 1. The molecule has 1 N–H and O–H groups in total. The van der Waals surface area contributed by atoms with Gasteiger partial charge in [-0.05, 0) is 19.1 Å². The molecule has 7 nitrogen and oxygen atoms in total. The Hall–Kier alpha value is -2.54. The zero-order chi connectivity index (χ0) is 14.8. The minimum Gasteiger partial charge on any atom is -0.341 e. The van der Waals surface area contributed by atoms with E-state index in [1.165, 1.54) is 12.4 Å². The summed E-state index contributed by atoms with van der Waals surface area (Å²) in [6, 6.07) is 5.25. The number of hydrogen-bond acceptors (Lipinski definition) is 5. The Balaban J connectivity index is 1.83. The molecule has 0 fully saturated rings. The van der Waals surface area contributed by atoms with E-state index in [2.05, 4.69) is 25.5 Å². The molecule has 3 heterocycles. The summed E-state index contributed by atoms with van der Waals surface area (Å²) in [5.74, 6) is 0.263. The lowest BCUT2D eigenvalue weighted by atomic mass is 10.3. The molecule has 0 spiro atoms. The number of amides is 1. The predicted molar refractivity (Wildman–Crippen MR) is 75.9 cm³/mol. The highest BCUT2D eigenvalue weighted by Crippen LogP contribution is 2.12. The molecule has 3 rings (SSSR count). The lowest BCUT2D eigenvalue weighted by Crippen LogP contribution is -2.28. The standard InChI is InChI=1S/C13H11ClN6O/c1-8(12-19-18-11-4-2-3-5-20(11)12)16-13(21)9-6-15-7-10(14)17-9/h2-8H,1H3,(H,16,21). The highest BCUT2D eigenvalue weighted by atomic mass is 35.5. The van der Waals surface area contributed by atoms with Crippen LogP contribution in [0.1, 0.15) is 29.3 Å². The van der Waals surface area contributed by atoms with Crippen molar-refractivity contribution in [1.29, 1.82) is 0 Å². The molecule has 0 aliphatic heterocycles. The van der Waals surface area contributed by atoms with Crippen LogP contribution in [0.25, 0.3) is 5.65 Å². The van der Waals surface area contributed by atoms with Crippen LogP contribution in [0.5, 0.6) is 0 Å². The van der Waals surface area contributed by atoms with Crippen molar-refractivity contribution in [2.45, 2.75) is 13.0 Å². The second-order valence-corrected chi connectivity index (χ2v) is 4.80.